The standard InChI is InChI=1S/C25H25F3N6O2/c1-16-29-8-7-22(31-16)20-5-3-18(13-21(20)25(26,27)28)14-24(36)32-23-6-4-19(15-30-23)34-11-9-33(10-12-34)17(2)35/h3-6,8,13,22H,7,9-12,14H2,1-2H3/p+1. The monoisotopic (exact) mass is 499 g/mol. The number of benzene rings is 1. The quantitative estimate of drug-likeness (QED) is 0.643. The molecule has 0 radical (unpaired) electrons. The molecule has 2 amide bonds. The number of allylic oxidation sites excluding steroid dienone is 1. The lowest BCUT2D eigenvalue weighted by Gasteiger charge is -2.34. The van der Waals surface area contributed by atoms with Gasteiger partial charge in [-0.1, -0.05) is 12.1 Å². The van der Waals surface area contributed by atoms with Crippen molar-refractivity contribution in [2.75, 3.05) is 26.2 Å². The van der Waals surface area contributed by atoms with Gasteiger partial charge in [-0.3, -0.25) is 9.79 Å². The lowest BCUT2D eigenvalue weighted by atomic mass is 9.94. The summed E-state index contributed by atoms with van der Waals surface area (Å²) in [7, 11) is 0. The van der Waals surface area contributed by atoms with Gasteiger partial charge in [0, 0.05) is 51.8 Å². The second-order valence-corrected chi connectivity index (χ2v) is 8.70. The van der Waals surface area contributed by atoms with Crippen molar-refractivity contribution in [3.63, 3.8) is 0 Å². The Labute approximate surface area is 206 Å². The van der Waals surface area contributed by atoms with Crippen LogP contribution in [0.25, 0.3) is 0 Å². The number of aliphatic imine (C=N–C) groups is 2. The number of hydrogen-bond donors (Lipinski definition) is 1. The van der Waals surface area contributed by atoms with Crippen LogP contribution in [0, 0.1) is 0 Å². The Morgan fingerprint density at radius 3 is 2.56 bits per heavy atom. The number of carbonyl (C=O) groups excluding carboxylic acids is 2. The van der Waals surface area contributed by atoms with Crippen molar-refractivity contribution < 1.29 is 22.8 Å². The molecule has 36 heavy (non-hydrogen) atoms. The van der Waals surface area contributed by atoms with Crippen LogP contribution in [0.3, 0.4) is 0 Å². The third kappa shape index (κ3) is 6.00. The van der Waals surface area contributed by atoms with Crippen molar-refractivity contribution in [3.05, 3.63) is 52.7 Å². The number of amidine groups is 2. The lowest BCUT2D eigenvalue weighted by molar-refractivity contribution is -0.138. The number of piperazine rings is 1. The average Bonchev–Trinajstić information content (AvgIpc) is 2.84. The molecule has 1 saturated heterocycles. The summed E-state index contributed by atoms with van der Waals surface area (Å²) in [4.78, 5) is 36.0. The van der Waals surface area contributed by atoms with Gasteiger partial charge in [-0.15, -0.1) is 0 Å². The van der Waals surface area contributed by atoms with Gasteiger partial charge < -0.3 is 9.80 Å². The van der Waals surface area contributed by atoms with Crippen LogP contribution < -0.4 is 9.98 Å². The highest BCUT2D eigenvalue weighted by molar-refractivity contribution is 6.06. The molecule has 0 aliphatic carbocycles. The zero-order valence-corrected chi connectivity index (χ0v) is 20.0. The Morgan fingerprint density at radius 1 is 1.19 bits per heavy atom. The molecule has 1 fully saturated rings. The summed E-state index contributed by atoms with van der Waals surface area (Å²) < 4.78 is 45.5. The second kappa shape index (κ2) is 10.4. The van der Waals surface area contributed by atoms with Gasteiger partial charge in [0.05, 0.1) is 18.0 Å². The molecular formula is C25H26F3N6O2+. The Hall–Kier alpha value is -3.94. The Balaban J connectivity index is 1.44. The molecule has 11 heteroatoms. The molecule has 188 valence electrons. The predicted octanol–water partition coefficient (Wildman–Crippen LogP) is 2.05. The van der Waals surface area contributed by atoms with Gasteiger partial charge in [0.15, 0.2) is 0 Å². The number of carbonyl (C=O) groups is 2. The summed E-state index contributed by atoms with van der Waals surface area (Å²) >= 11 is 0. The number of nitrogens with one attached hydrogen (secondary N) is 1. The van der Waals surface area contributed by atoms with Crippen molar-refractivity contribution in [2.45, 2.75) is 38.9 Å². The Bertz CT molecular complexity index is 1260. The first-order valence-electron chi connectivity index (χ1n) is 11.6. The third-order valence-corrected chi connectivity index (χ3v) is 6.12. The molecule has 1 atom stereocenters. The molecule has 1 N–H and O–H groups in total. The molecule has 1 aromatic rings. The number of hydrogen-bond acceptors (Lipinski definition) is 5. The maximum atomic E-state index is 13.8. The number of rotatable bonds is 4. The molecule has 0 aromatic heterocycles. The lowest BCUT2D eigenvalue weighted by Crippen LogP contribution is -2.47. The first-order chi connectivity index (χ1) is 17.1. The van der Waals surface area contributed by atoms with Crippen LogP contribution in [0.1, 0.15) is 43.0 Å². The minimum absolute atomic E-state index is 0.0406. The summed E-state index contributed by atoms with van der Waals surface area (Å²) in [5, 5.41) is 2.61. The Morgan fingerprint density at radius 2 is 1.94 bits per heavy atom. The summed E-state index contributed by atoms with van der Waals surface area (Å²) in [6.07, 6.45) is 0.409. The highest BCUT2D eigenvalue weighted by atomic mass is 19.4. The molecule has 3 heterocycles. The molecule has 8 nitrogen and oxygen atoms in total. The largest absolute Gasteiger partial charge is 0.416 e. The topological polar surface area (TPSA) is 91.5 Å². The van der Waals surface area contributed by atoms with E-state index >= 15 is 0 Å². The number of nitrogens with zero attached hydrogens (tertiary/aromatic N) is 5. The van der Waals surface area contributed by atoms with E-state index < -0.39 is 23.7 Å². The molecular weight excluding hydrogens is 473 g/mol. The van der Waals surface area contributed by atoms with Gasteiger partial charge in [-0.2, -0.15) is 23.2 Å². The van der Waals surface area contributed by atoms with Gasteiger partial charge in [0.1, 0.15) is 11.5 Å². The highest BCUT2D eigenvalue weighted by Crippen LogP contribution is 2.38. The third-order valence-electron chi connectivity index (χ3n) is 6.12. The molecule has 0 saturated carbocycles. The summed E-state index contributed by atoms with van der Waals surface area (Å²) in [6.45, 7) is 5.71. The first kappa shape index (κ1) is 25.2. The van der Waals surface area contributed by atoms with E-state index in [1.165, 1.54) is 12.1 Å². The van der Waals surface area contributed by atoms with Crippen LogP contribution in [0.2, 0.25) is 0 Å². The summed E-state index contributed by atoms with van der Waals surface area (Å²) in [5.41, 5.74) is 0.239. The van der Waals surface area contributed by atoms with E-state index in [1.807, 2.05) is 4.90 Å². The van der Waals surface area contributed by atoms with Crippen molar-refractivity contribution in [1.82, 2.24) is 19.8 Å². The van der Waals surface area contributed by atoms with Gasteiger partial charge in [-0.05, 0) is 30.2 Å². The van der Waals surface area contributed by atoms with Crippen LogP contribution in [0.4, 0.5) is 13.2 Å². The van der Waals surface area contributed by atoms with E-state index in [-0.39, 0.29) is 35.7 Å². The van der Waals surface area contributed by atoms with Crippen molar-refractivity contribution in [3.8, 4) is 0 Å². The van der Waals surface area contributed by atoms with Gasteiger partial charge in [-0.25, -0.2) is 9.79 Å². The minimum atomic E-state index is -4.58. The van der Waals surface area contributed by atoms with Crippen LogP contribution in [0.15, 0.2) is 46.0 Å². The van der Waals surface area contributed by atoms with E-state index in [1.54, 1.807) is 37.1 Å². The first-order valence-corrected chi connectivity index (χ1v) is 11.6. The molecule has 1 unspecified atom stereocenters. The molecule has 3 aliphatic rings. The van der Waals surface area contributed by atoms with Gasteiger partial charge in [0.2, 0.25) is 11.8 Å². The minimum Gasteiger partial charge on any atom is -0.358 e. The fraction of sp³-hybridized carbons (Fsp3) is 0.400. The van der Waals surface area contributed by atoms with E-state index in [2.05, 4.69) is 25.8 Å². The zero-order valence-electron chi connectivity index (χ0n) is 20.0. The smallest absolute Gasteiger partial charge is 0.358 e. The van der Waals surface area contributed by atoms with Crippen LogP contribution in [-0.4, -0.2) is 71.5 Å². The molecule has 4 rings (SSSR count). The van der Waals surface area contributed by atoms with Crippen LogP contribution in [-0.2, 0) is 22.2 Å². The molecule has 1 aromatic carbocycles. The molecule has 3 aliphatic heterocycles. The summed E-state index contributed by atoms with van der Waals surface area (Å²) in [6, 6.07) is 3.25. The maximum Gasteiger partial charge on any atom is 0.416 e. The molecule has 0 spiro atoms. The SMILES string of the molecule is CC(=O)N1CCN(C2=C=[N+]=C(NC(=O)Cc3ccc(C4CC=NC(C)=N4)c(C(F)(F)F)c3)C=C2)CC1. The fourth-order valence-electron chi connectivity index (χ4n) is 4.27. The summed E-state index contributed by atoms with van der Waals surface area (Å²) in [5.74, 6) is 3.12. The van der Waals surface area contributed by atoms with Gasteiger partial charge in [0.25, 0.3) is 0 Å². The van der Waals surface area contributed by atoms with Crippen molar-refractivity contribution in [2.24, 2.45) is 9.98 Å². The van der Waals surface area contributed by atoms with Crippen LogP contribution in [0.5, 0.6) is 0 Å². The Kier molecular flexibility index (Phi) is 7.24. The number of halogens is 3. The van der Waals surface area contributed by atoms with Gasteiger partial charge >= 0.3 is 17.9 Å². The van der Waals surface area contributed by atoms with Crippen LogP contribution >= 0.6 is 0 Å². The average molecular weight is 500 g/mol. The van der Waals surface area contributed by atoms with E-state index in [0.29, 0.717) is 32.0 Å². The fourth-order valence-corrected chi connectivity index (χ4v) is 4.27. The highest BCUT2D eigenvalue weighted by Gasteiger charge is 2.36. The predicted molar refractivity (Wildman–Crippen MR) is 131 cm³/mol. The number of alkyl halides is 3. The normalized spacial score (nSPS) is 19.6. The second-order valence-electron chi connectivity index (χ2n) is 8.70. The van der Waals surface area contributed by atoms with E-state index in [9.17, 15) is 22.8 Å². The van der Waals surface area contributed by atoms with Crippen molar-refractivity contribution >= 4 is 35.6 Å². The van der Waals surface area contributed by atoms with Crippen molar-refractivity contribution in [1.29, 1.82) is 0 Å². The number of amides is 2. The maximum absolute atomic E-state index is 13.8. The van der Waals surface area contributed by atoms with E-state index in [0.717, 1.165) is 11.8 Å². The zero-order chi connectivity index (χ0) is 25.9. The van der Waals surface area contributed by atoms with E-state index in [4.69, 9.17) is 0 Å². The molecule has 0 bridgehead atoms.